The van der Waals surface area contributed by atoms with Gasteiger partial charge in [-0.25, -0.2) is 8.97 Å². The largest absolute Gasteiger partial charge is 1.00 e. The average Bonchev–Trinajstić information content (AvgIpc) is 2.76. The van der Waals surface area contributed by atoms with E-state index in [-0.39, 0.29) is 24.0 Å². The lowest BCUT2D eigenvalue weighted by Crippen LogP contribution is -3.00. The van der Waals surface area contributed by atoms with Crippen LogP contribution in [0.15, 0.2) is 61.1 Å². The number of imidazole rings is 1. The molecule has 102 valence electrons. The summed E-state index contributed by atoms with van der Waals surface area (Å²) in [4.78, 5) is 0. The number of aromatic nitrogens is 2. The van der Waals surface area contributed by atoms with Crippen LogP contribution in [0.25, 0.3) is 16.8 Å². The molecule has 0 amide bonds. The third-order valence-electron chi connectivity index (χ3n) is 2.83. The minimum absolute atomic E-state index is 0. The van der Waals surface area contributed by atoms with Crippen LogP contribution >= 0.6 is 0 Å². The Morgan fingerprint density at radius 3 is 2.30 bits per heavy atom. The minimum atomic E-state index is 0. The molecular formula is C16H16IN3. The van der Waals surface area contributed by atoms with E-state index in [0.29, 0.717) is 0 Å². The molecule has 4 heteroatoms. The van der Waals surface area contributed by atoms with Crippen LogP contribution < -0.4 is 28.5 Å². The maximum Gasteiger partial charge on any atom is 0.249 e. The number of pyridine rings is 1. The molecule has 0 fully saturated rings. The van der Waals surface area contributed by atoms with Gasteiger partial charge in [0, 0.05) is 12.5 Å². The SMILES string of the molecule is CC#N.C[n+]1cn2ccccc2c1-c1ccccc1.[I-]. The zero-order valence-electron chi connectivity index (χ0n) is 11.5. The number of nitriles is 1. The van der Waals surface area contributed by atoms with E-state index in [1.54, 1.807) is 6.07 Å². The maximum absolute atomic E-state index is 7.32. The van der Waals surface area contributed by atoms with Crippen molar-refractivity contribution in [1.29, 1.82) is 5.26 Å². The first kappa shape index (κ1) is 16.2. The van der Waals surface area contributed by atoms with E-state index >= 15 is 0 Å². The van der Waals surface area contributed by atoms with E-state index in [1.165, 1.54) is 23.7 Å². The first-order chi connectivity index (χ1) is 9.27. The van der Waals surface area contributed by atoms with Crippen molar-refractivity contribution in [2.75, 3.05) is 0 Å². The quantitative estimate of drug-likeness (QED) is 0.433. The lowest BCUT2D eigenvalue weighted by molar-refractivity contribution is -0.659. The third kappa shape index (κ3) is 3.36. The maximum atomic E-state index is 7.32. The van der Waals surface area contributed by atoms with Crippen LogP contribution in [0.4, 0.5) is 0 Å². The summed E-state index contributed by atoms with van der Waals surface area (Å²) < 4.78 is 4.30. The van der Waals surface area contributed by atoms with Gasteiger partial charge in [0.05, 0.1) is 19.3 Å². The molecule has 3 aromatic rings. The number of halogens is 1. The number of rotatable bonds is 1. The number of fused-ring (bicyclic) bond motifs is 1. The number of benzene rings is 1. The standard InChI is InChI=1S/C14H13N2.C2H3N.HI/c1-15-11-16-10-6-5-9-13(16)14(15)12-7-3-2-4-8-12;1-2-3;/h2-11H,1H3;1H3;1H/q+1;;/p-1. The monoisotopic (exact) mass is 377 g/mol. The van der Waals surface area contributed by atoms with Gasteiger partial charge in [0.2, 0.25) is 6.33 Å². The van der Waals surface area contributed by atoms with Crippen molar-refractivity contribution in [3.05, 3.63) is 61.1 Å². The van der Waals surface area contributed by atoms with E-state index in [0.717, 1.165) is 0 Å². The second-order valence-electron chi connectivity index (χ2n) is 4.16. The summed E-state index contributed by atoms with van der Waals surface area (Å²) in [5.41, 5.74) is 3.73. The van der Waals surface area contributed by atoms with Crippen molar-refractivity contribution in [3.63, 3.8) is 0 Å². The highest BCUT2D eigenvalue weighted by molar-refractivity contribution is 5.74. The van der Waals surface area contributed by atoms with Gasteiger partial charge in [0.25, 0.3) is 0 Å². The van der Waals surface area contributed by atoms with Crippen LogP contribution in [0.5, 0.6) is 0 Å². The second kappa shape index (κ2) is 7.65. The number of hydrogen-bond donors (Lipinski definition) is 0. The summed E-state index contributed by atoms with van der Waals surface area (Å²) in [5, 5.41) is 7.32. The van der Waals surface area contributed by atoms with E-state index in [1.807, 2.05) is 12.1 Å². The predicted molar refractivity (Wildman–Crippen MR) is 75.3 cm³/mol. The molecule has 2 heterocycles. The average molecular weight is 377 g/mol. The topological polar surface area (TPSA) is 32.1 Å². The van der Waals surface area contributed by atoms with Crippen LogP contribution in [-0.4, -0.2) is 4.40 Å². The molecule has 3 nitrogen and oxygen atoms in total. The Hall–Kier alpha value is -1.87. The summed E-state index contributed by atoms with van der Waals surface area (Å²) in [6, 6.07) is 18.5. The van der Waals surface area contributed by atoms with Gasteiger partial charge in [-0.05, 0) is 12.1 Å². The van der Waals surface area contributed by atoms with Gasteiger partial charge in [-0.15, -0.1) is 0 Å². The highest BCUT2D eigenvalue weighted by atomic mass is 127. The van der Waals surface area contributed by atoms with E-state index in [2.05, 4.69) is 64.9 Å². The molecule has 0 aliphatic heterocycles. The predicted octanol–water partition coefficient (Wildman–Crippen LogP) is -0.0353. The smallest absolute Gasteiger partial charge is 0.249 e. The Morgan fingerprint density at radius 1 is 1.05 bits per heavy atom. The molecule has 0 aliphatic carbocycles. The molecule has 1 aromatic carbocycles. The fourth-order valence-corrected chi connectivity index (χ4v) is 2.13. The molecule has 0 spiro atoms. The Balaban J connectivity index is 0.000000462. The second-order valence-corrected chi connectivity index (χ2v) is 4.16. The normalized spacial score (nSPS) is 9.05. The fourth-order valence-electron chi connectivity index (χ4n) is 2.13. The molecule has 0 N–H and O–H groups in total. The molecule has 0 saturated heterocycles. The van der Waals surface area contributed by atoms with Crippen LogP contribution in [0.3, 0.4) is 0 Å². The number of hydrogen-bond acceptors (Lipinski definition) is 1. The molecule has 20 heavy (non-hydrogen) atoms. The van der Waals surface area contributed by atoms with Crippen LogP contribution in [-0.2, 0) is 7.05 Å². The van der Waals surface area contributed by atoms with Crippen molar-refractivity contribution in [2.45, 2.75) is 6.92 Å². The summed E-state index contributed by atoms with van der Waals surface area (Å²) in [6.45, 7) is 1.43. The van der Waals surface area contributed by atoms with Crippen molar-refractivity contribution in [3.8, 4) is 17.3 Å². The van der Waals surface area contributed by atoms with Crippen LogP contribution in [0.1, 0.15) is 6.92 Å². The van der Waals surface area contributed by atoms with Gasteiger partial charge < -0.3 is 24.0 Å². The van der Waals surface area contributed by atoms with Gasteiger partial charge in [-0.3, -0.25) is 0 Å². The Kier molecular flexibility index (Phi) is 6.19. The molecule has 0 saturated carbocycles. The van der Waals surface area contributed by atoms with Gasteiger partial charge in [-0.1, -0.05) is 36.4 Å². The lowest BCUT2D eigenvalue weighted by atomic mass is 10.1. The first-order valence-electron chi connectivity index (χ1n) is 6.09. The van der Waals surface area contributed by atoms with Gasteiger partial charge >= 0.3 is 0 Å². The zero-order chi connectivity index (χ0) is 13.7. The minimum Gasteiger partial charge on any atom is -1.00 e. The molecule has 0 unspecified atom stereocenters. The lowest BCUT2D eigenvalue weighted by Gasteiger charge is -1.96. The van der Waals surface area contributed by atoms with Crippen molar-refractivity contribution >= 4 is 5.52 Å². The zero-order valence-corrected chi connectivity index (χ0v) is 13.7. The molecule has 0 aliphatic rings. The highest BCUT2D eigenvalue weighted by Crippen LogP contribution is 2.20. The third-order valence-corrected chi connectivity index (χ3v) is 2.83. The molecule has 0 radical (unpaired) electrons. The number of nitrogens with zero attached hydrogens (tertiary/aromatic N) is 3. The van der Waals surface area contributed by atoms with Crippen molar-refractivity contribution < 1.29 is 28.5 Å². The Bertz CT molecular complexity index is 711. The van der Waals surface area contributed by atoms with E-state index < -0.39 is 0 Å². The van der Waals surface area contributed by atoms with Gasteiger partial charge in [0.1, 0.15) is 0 Å². The summed E-state index contributed by atoms with van der Waals surface area (Å²) in [7, 11) is 2.08. The van der Waals surface area contributed by atoms with Gasteiger partial charge in [0.15, 0.2) is 11.2 Å². The number of aryl methyl sites for hydroxylation is 1. The fraction of sp³-hybridized carbons (Fsp3) is 0.125. The van der Waals surface area contributed by atoms with Crippen molar-refractivity contribution in [1.82, 2.24) is 4.40 Å². The first-order valence-corrected chi connectivity index (χ1v) is 6.09. The summed E-state index contributed by atoms with van der Waals surface area (Å²) >= 11 is 0. The van der Waals surface area contributed by atoms with E-state index in [4.69, 9.17) is 5.26 Å². The summed E-state index contributed by atoms with van der Waals surface area (Å²) in [5.74, 6) is 0. The van der Waals surface area contributed by atoms with E-state index in [9.17, 15) is 0 Å². The Labute approximate surface area is 136 Å². The Morgan fingerprint density at radius 2 is 1.65 bits per heavy atom. The molecule has 3 rings (SSSR count). The van der Waals surface area contributed by atoms with Crippen LogP contribution in [0.2, 0.25) is 0 Å². The molecule has 0 bridgehead atoms. The van der Waals surface area contributed by atoms with Gasteiger partial charge in [-0.2, -0.15) is 5.26 Å². The molecule has 2 aromatic heterocycles. The van der Waals surface area contributed by atoms with Crippen molar-refractivity contribution in [2.24, 2.45) is 7.05 Å². The highest BCUT2D eigenvalue weighted by Gasteiger charge is 2.15. The summed E-state index contributed by atoms with van der Waals surface area (Å²) in [6.07, 6.45) is 4.17. The molecular weight excluding hydrogens is 361 g/mol. The molecule has 0 atom stereocenters. The van der Waals surface area contributed by atoms with Crippen LogP contribution in [0, 0.1) is 11.3 Å².